The van der Waals surface area contributed by atoms with Crippen molar-refractivity contribution < 1.29 is 4.79 Å². The van der Waals surface area contributed by atoms with E-state index >= 15 is 0 Å². The lowest BCUT2D eigenvalue weighted by atomic mass is 9.93. The lowest BCUT2D eigenvalue weighted by Gasteiger charge is -2.25. The normalized spacial score (nSPS) is 16.9. The Morgan fingerprint density at radius 1 is 1.46 bits per heavy atom. The first kappa shape index (κ1) is 16.2. The number of nitrogens with one attached hydrogen (secondary N) is 2. The average Bonchev–Trinajstić information content (AvgIpc) is 2.93. The second-order valence-electron chi connectivity index (χ2n) is 6.40. The van der Waals surface area contributed by atoms with Crippen molar-refractivity contribution in [2.45, 2.75) is 51.7 Å². The van der Waals surface area contributed by atoms with Crippen LogP contribution in [0, 0.1) is 0 Å². The molecule has 1 amide bonds. The molecule has 2 N–H and O–H groups in total. The Kier molecular flexibility index (Phi) is 4.37. The lowest BCUT2D eigenvalue weighted by Crippen LogP contribution is -2.42. The highest BCUT2D eigenvalue weighted by Crippen LogP contribution is 2.23. The largest absolute Gasteiger partial charge is 0.351 e. The highest BCUT2D eigenvalue weighted by Gasteiger charge is 2.24. The number of hydrogen-bond donors (Lipinski definition) is 2. The van der Waals surface area contributed by atoms with E-state index in [-0.39, 0.29) is 24.5 Å². The van der Waals surface area contributed by atoms with Gasteiger partial charge < -0.3 is 5.32 Å². The number of fused-ring (bicyclic) bond motifs is 1. The van der Waals surface area contributed by atoms with Gasteiger partial charge >= 0.3 is 5.69 Å². The smallest absolute Gasteiger partial charge is 0.328 e. The number of H-pyrrole nitrogens is 1. The molecule has 8 heteroatoms. The predicted molar refractivity (Wildman–Crippen MR) is 87.9 cm³/mol. The zero-order valence-electron chi connectivity index (χ0n) is 13.8. The van der Waals surface area contributed by atoms with Gasteiger partial charge in [0.25, 0.3) is 5.56 Å². The number of carbonyl (C=O) groups is 1. The molecule has 1 aliphatic carbocycles. The molecule has 0 bridgehead atoms. The Bertz CT molecular complexity index is 861. The third kappa shape index (κ3) is 3.32. The van der Waals surface area contributed by atoms with Gasteiger partial charge in [-0.2, -0.15) is 5.10 Å². The van der Waals surface area contributed by atoms with E-state index in [2.05, 4.69) is 29.2 Å². The van der Waals surface area contributed by atoms with E-state index in [0.29, 0.717) is 0 Å². The molecular formula is C16H21N5O3. The maximum absolute atomic E-state index is 12.2. The molecule has 0 aliphatic heterocycles. The van der Waals surface area contributed by atoms with E-state index in [4.69, 9.17) is 0 Å². The van der Waals surface area contributed by atoms with Crippen molar-refractivity contribution in [3.8, 4) is 0 Å². The molecular weight excluding hydrogens is 310 g/mol. The van der Waals surface area contributed by atoms with Crippen LogP contribution in [-0.2, 0) is 24.2 Å². The summed E-state index contributed by atoms with van der Waals surface area (Å²) in [6.07, 6.45) is 5.70. The summed E-state index contributed by atoms with van der Waals surface area (Å²) in [7, 11) is 0. The standard InChI is InChI=1S/C16H21N5O3/c1-10(2)21-13-7-12(4-3-11(13)8-17-21)18-15(23)9-20-6-5-14(22)19-16(20)24/h5-6,8,10,12H,3-4,7,9H2,1-2H3,(H,18,23)(H,19,22,24). The minimum Gasteiger partial charge on any atom is -0.351 e. The minimum absolute atomic E-state index is 0.0256. The summed E-state index contributed by atoms with van der Waals surface area (Å²) in [5.41, 5.74) is 1.36. The Hall–Kier alpha value is -2.64. The molecule has 1 atom stereocenters. The molecule has 8 nitrogen and oxygen atoms in total. The number of rotatable bonds is 4. The van der Waals surface area contributed by atoms with E-state index in [1.54, 1.807) is 0 Å². The SMILES string of the molecule is CC(C)n1ncc2c1CC(NC(=O)Cn1ccc(=O)[nH]c1=O)CC2. The van der Waals surface area contributed by atoms with Crippen molar-refractivity contribution >= 4 is 5.91 Å². The third-order valence-corrected chi connectivity index (χ3v) is 4.25. The van der Waals surface area contributed by atoms with Crippen LogP contribution in [-0.4, -0.2) is 31.3 Å². The number of amides is 1. The second kappa shape index (κ2) is 6.46. The predicted octanol–water partition coefficient (Wildman–Crippen LogP) is -0.0123. The highest BCUT2D eigenvalue weighted by atomic mass is 16.2. The van der Waals surface area contributed by atoms with Gasteiger partial charge in [0.05, 0.1) is 6.20 Å². The molecule has 0 spiro atoms. The van der Waals surface area contributed by atoms with Gasteiger partial charge in [-0.25, -0.2) is 4.79 Å². The zero-order chi connectivity index (χ0) is 17.3. The summed E-state index contributed by atoms with van der Waals surface area (Å²) < 4.78 is 3.18. The fourth-order valence-electron chi connectivity index (χ4n) is 3.09. The summed E-state index contributed by atoms with van der Waals surface area (Å²) in [5, 5.41) is 7.40. The summed E-state index contributed by atoms with van der Waals surface area (Å²) >= 11 is 0. The van der Waals surface area contributed by atoms with Crippen LogP contribution in [0.15, 0.2) is 28.0 Å². The van der Waals surface area contributed by atoms with Crippen LogP contribution in [0.25, 0.3) is 0 Å². The van der Waals surface area contributed by atoms with Crippen molar-refractivity contribution in [1.29, 1.82) is 0 Å². The molecule has 24 heavy (non-hydrogen) atoms. The fourth-order valence-corrected chi connectivity index (χ4v) is 3.09. The van der Waals surface area contributed by atoms with Crippen molar-refractivity contribution in [1.82, 2.24) is 24.6 Å². The van der Waals surface area contributed by atoms with Gasteiger partial charge in [-0.1, -0.05) is 0 Å². The van der Waals surface area contributed by atoms with Gasteiger partial charge in [0.2, 0.25) is 5.91 Å². The van der Waals surface area contributed by atoms with Crippen molar-refractivity contribution in [2.24, 2.45) is 0 Å². The first-order chi connectivity index (χ1) is 11.4. The second-order valence-corrected chi connectivity index (χ2v) is 6.40. The molecule has 1 unspecified atom stereocenters. The van der Waals surface area contributed by atoms with Crippen molar-refractivity contribution in [3.63, 3.8) is 0 Å². The molecule has 128 valence electrons. The monoisotopic (exact) mass is 331 g/mol. The Labute approximate surface area is 138 Å². The van der Waals surface area contributed by atoms with Crippen LogP contribution in [0.2, 0.25) is 0 Å². The van der Waals surface area contributed by atoms with Crippen LogP contribution in [0.5, 0.6) is 0 Å². The van der Waals surface area contributed by atoms with Gasteiger partial charge in [-0.05, 0) is 32.3 Å². The number of aromatic nitrogens is 4. The van der Waals surface area contributed by atoms with Gasteiger partial charge in [0, 0.05) is 36.5 Å². The number of aromatic amines is 1. The Balaban J connectivity index is 1.66. The van der Waals surface area contributed by atoms with E-state index in [1.807, 2.05) is 10.9 Å². The number of nitrogens with zero attached hydrogens (tertiary/aromatic N) is 3. The number of hydrogen-bond acceptors (Lipinski definition) is 4. The zero-order valence-corrected chi connectivity index (χ0v) is 13.8. The Morgan fingerprint density at radius 3 is 2.96 bits per heavy atom. The summed E-state index contributed by atoms with van der Waals surface area (Å²) in [4.78, 5) is 37.0. The highest BCUT2D eigenvalue weighted by molar-refractivity contribution is 5.76. The topological polar surface area (TPSA) is 102 Å². The first-order valence-corrected chi connectivity index (χ1v) is 8.08. The quantitative estimate of drug-likeness (QED) is 0.822. The van der Waals surface area contributed by atoms with Crippen LogP contribution < -0.4 is 16.6 Å². The average molecular weight is 331 g/mol. The van der Waals surface area contributed by atoms with Gasteiger partial charge in [-0.15, -0.1) is 0 Å². The maximum Gasteiger partial charge on any atom is 0.328 e. The van der Waals surface area contributed by atoms with Gasteiger partial charge in [0.1, 0.15) is 6.54 Å². The van der Waals surface area contributed by atoms with Gasteiger partial charge in [0.15, 0.2) is 0 Å². The molecule has 0 saturated carbocycles. The molecule has 0 aromatic carbocycles. The molecule has 0 radical (unpaired) electrons. The molecule has 0 saturated heterocycles. The molecule has 1 aliphatic rings. The minimum atomic E-state index is -0.582. The molecule has 2 aromatic rings. The summed E-state index contributed by atoms with van der Waals surface area (Å²) in [6.45, 7) is 4.05. The van der Waals surface area contributed by atoms with E-state index in [1.165, 1.54) is 28.1 Å². The van der Waals surface area contributed by atoms with Crippen LogP contribution in [0.3, 0.4) is 0 Å². The van der Waals surface area contributed by atoms with Crippen LogP contribution in [0.4, 0.5) is 0 Å². The van der Waals surface area contributed by atoms with Crippen LogP contribution >= 0.6 is 0 Å². The summed E-state index contributed by atoms with van der Waals surface area (Å²) in [5.74, 6) is -0.242. The van der Waals surface area contributed by atoms with E-state index in [0.717, 1.165) is 19.3 Å². The molecule has 0 fully saturated rings. The summed E-state index contributed by atoms with van der Waals surface area (Å²) in [6, 6.07) is 1.53. The number of aryl methyl sites for hydroxylation is 1. The van der Waals surface area contributed by atoms with Crippen LogP contribution in [0.1, 0.15) is 37.6 Å². The lowest BCUT2D eigenvalue weighted by molar-refractivity contribution is -0.122. The molecule has 2 aromatic heterocycles. The maximum atomic E-state index is 12.2. The first-order valence-electron chi connectivity index (χ1n) is 8.08. The fraction of sp³-hybridized carbons (Fsp3) is 0.500. The molecule has 3 rings (SSSR count). The van der Waals surface area contributed by atoms with E-state index in [9.17, 15) is 14.4 Å². The molecule has 2 heterocycles. The Morgan fingerprint density at radius 2 is 2.25 bits per heavy atom. The van der Waals surface area contributed by atoms with Crippen molar-refractivity contribution in [3.05, 3.63) is 50.6 Å². The number of carbonyl (C=O) groups excluding carboxylic acids is 1. The third-order valence-electron chi connectivity index (χ3n) is 4.25. The van der Waals surface area contributed by atoms with Crippen molar-refractivity contribution in [2.75, 3.05) is 0 Å². The van der Waals surface area contributed by atoms with Gasteiger partial charge in [-0.3, -0.25) is 23.8 Å². The van der Waals surface area contributed by atoms with E-state index < -0.39 is 11.2 Å².